The quantitative estimate of drug-likeness (QED) is 0.490. The third kappa shape index (κ3) is 5.26. The van der Waals surface area contributed by atoms with Crippen LogP contribution in [-0.4, -0.2) is 33.1 Å². The van der Waals surface area contributed by atoms with E-state index in [1.54, 1.807) is 0 Å². The van der Waals surface area contributed by atoms with E-state index in [0.29, 0.717) is 36.0 Å². The molecule has 0 aromatic heterocycles. The summed E-state index contributed by atoms with van der Waals surface area (Å²) < 4.78 is 0. The zero-order chi connectivity index (χ0) is 23.0. The lowest BCUT2D eigenvalue weighted by Gasteiger charge is -2.44. The fourth-order valence-electron chi connectivity index (χ4n) is 6.32. The average molecular weight is 429 g/mol. The normalized spacial score (nSPS) is 39.3. The summed E-state index contributed by atoms with van der Waals surface area (Å²) in [6.45, 7) is 14.7. The van der Waals surface area contributed by atoms with Gasteiger partial charge in [-0.1, -0.05) is 57.2 Å². The van der Waals surface area contributed by atoms with Crippen LogP contribution >= 0.6 is 0 Å². The van der Waals surface area contributed by atoms with Crippen LogP contribution in [0.15, 0.2) is 47.6 Å². The minimum atomic E-state index is -0.684. The fourth-order valence-corrected chi connectivity index (χ4v) is 6.32. The van der Waals surface area contributed by atoms with Crippen molar-refractivity contribution in [3.63, 3.8) is 0 Å². The summed E-state index contributed by atoms with van der Waals surface area (Å²) in [5.41, 5.74) is 2.93. The molecule has 3 aliphatic carbocycles. The van der Waals surface area contributed by atoms with E-state index in [1.165, 1.54) is 31.3 Å². The summed E-state index contributed by atoms with van der Waals surface area (Å²) in [5.74, 6) is 1.91. The summed E-state index contributed by atoms with van der Waals surface area (Å²) in [4.78, 5) is 0. The molecule has 3 nitrogen and oxygen atoms in total. The molecule has 1 unspecified atom stereocenters. The Bertz CT molecular complexity index is 753. The van der Waals surface area contributed by atoms with Crippen LogP contribution in [-0.2, 0) is 0 Å². The maximum absolute atomic E-state index is 10.3. The van der Waals surface area contributed by atoms with Crippen LogP contribution in [0, 0.1) is 29.1 Å². The summed E-state index contributed by atoms with van der Waals surface area (Å²) in [7, 11) is 0. The maximum Gasteiger partial charge on any atom is 0.0811 e. The van der Waals surface area contributed by atoms with Crippen molar-refractivity contribution in [2.75, 3.05) is 0 Å². The van der Waals surface area contributed by atoms with E-state index < -0.39 is 17.8 Å². The van der Waals surface area contributed by atoms with Gasteiger partial charge in [0.1, 0.15) is 0 Å². The van der Waals surface area contributed by atoms with Gasteiger partial charge in [0, 0.05) is 12.3 Å². The number of rotatable bonds is 5. The van der Waals surface area contributed by atoms with Crippen LogP contribution in [0.1, 0.15) is 79.6 Å². The Morgan fingerprint density at radius 1 is 1.13 bits per heavy atom. The van der Waals surface area contributed by atoms with Crippen LogP contribution in [0.25, 0.3) is 0 Å². The summed E-state index contributed by atoms with van der Waals surface area (Å²) >= 11 is 0. The minimum Gasteiger partial charge on any atom is -0.393 e. The highest BCUT2D eigenvalue weighted by Gasteiger charge is 2.50. The van der Waals surface area contributed by atoms with Gasteiger partial charge in [0.15, 0.2) is 0 Å². The van der Waals surface area contributed by atoms with Gasteiger partial charge in [-0.15, -0.1) is 0 Å². The molecule has 0 aliphatic heterocycles. The first-order chi connectivity index (χ1) is 14.4. The Balaban J connectivity index is 1.76. The van der Waals surface area contributed by atoms with Crippen molar-refractivity contribution in [1.29, 1.82) is 0 Å². The van der Waals surface area contributed by atoms with Crippen molar-refractivity contribution in [3.05, 3.63) is 47.6 Å². The van der Waals surface area contributed by atoms with Gasteiger partial charge < -0.3 is 15.3 Å². The number of allylic oxidation sites excluding steroid dienone is 4. The van der Waals surface area contributed by atoms with Crippen molar-refractivity contribution in [1.82, 2.24) is 0 Å². The predicted molar refractivity (Wildman–Crippen MR) is 128 cm³/mol. The van der Waals surface area contributed by atoms with Gasteiger partial charge in [0.05, 0.1) is 17.8 Å². The smallest absolute Gasteiger partial charge is 0.0811 e. The van der Waals surface area contributed by atoms with Crippen molar-refractivity contribution in [2.45, 2.75) is 97.4 Å². The molecule has 0 bridgehead atoms. The molecule has 0 radical (unpaired) electrons. The van der Waals surface area contributed by atoms with E-state index in [1.807, 2.05) is 13.8 Å². The van der Waals surface area contributed by atoms with E-state index in [4.69, 9.17) is 0 Å². The SMILES string of the molecule is C=C1C(=CC=C2CCC[C@@]3(C)C2CC[C@@H]3[C@H](C)/C=C/[C@H](C)C(C)(C)O)C[C@@H](O)C[C@@H]1O. The molecule has 174 valence electrons. The largest absolute Gasteiger partial charge is 0.393 e. The molecular formula is C28H44O3. The zero-order valence-corrected chi connectivity index (χ0v) is 20.3. The highest BCUT2D eigenvalue weighted by atomic mass is 16.3. The second kappa shape index (κ2) is 9.37. The molecule has 0 spiro atoms. The molecule has 3 fully saturated rings. The first-order valence-electron chi connectivity index (χ1n) is 12.3. The molecule has 3 saturated carbocycles. The van der Waals surface area contributed by atoms with Crippen LogP contribution in [0.5, 0.6) is 0 Å². The summed E-state index contributed by atoms with van der Waals surface area (Å²) in [5, 5.41) is 30.4. The highest BCUT2D eigenvalue weighted by Crippen LogP contribution is 2.59. The first kappa shape index (κ1) is 24.5. The Morgan fingerprint density at radius 3 is 2.52 bits per heavy atom. The lowest BCUT2D eigenvalue weighted by molar-refractivity contribution is 0.0436. The average Bonchev–Trinajstić information content (AvgIpc) is 3.04. The van der Waals surface area contributed by atoms with E-state index in [9.17, 15) is 15.3 Å². The molecule has 0 aromatic carbocycles. The maximum atomic E-state index is 10.3. The molecule has 0 saturated heterocycles. The number of aliphatic hydroxyl groups is 3. The standard InChI is InChI=1S/C28H44O3/c1-18(9-10-19(2)27(4,5)31)24-13-14-25-21(8-7-15-28(24,25)6)11-12-22-16-23(29)17-26(30)20(22)3/h9-12,18-19,23-26,29-31H,3,7-8,13-17H2,1-2,4-6H3/b10-9+,21-11?,22-12?/t18-,19+,23-,24-,25?,26+,28-/m1/s1. The Kier molecular flexibility index (Phi) is 7.40. The van der Waals surface area contributed by atoms with Crippen molar-refractivity contribution < 1.29 is 15.3 Å². The Hall–Kier alpha value is -1.16. The molecule has 3 rings (SSSR count). The van der Waals surface area contributed by atoms with Gasteiger partial charge >= 0.3 is 0 Å². The topological polar surface area (TPSA) is 60.7 Å². The molecule has 3 aliphatic rings. The zero-order valence-electron chi connectivity index (χ0n) is 20.3. The van der Waals surface area contributed by atoms with Crippen LogP contribution < -0.4 is 0 Å². The van der Waals surface area contributed by atoms with E-state index >= 15 is 0 Å². The number of hydrogen-bond acceptors (Lipinski definition) is 3. The summed E-state index contributed by atoms with van der Waals surface area (Å²) in [6, 6.07) is 0. The third-order valence-electron chi connectivity index (χ3n) is 8.75. The number of hydrogen-bond donors (Lipinski definition) is 3. The highest BCUT2D eigenvalue weighted by molar-refractivity contribution is 5.38. The molecule has 7 atom stereocenters. The minimum absolute atomic E-state index is 0.141. The van der Waals surface area contributed by atoms with Gasteiger partial charge in [0.25, 0.3) is 0 Å². The van der Waals surface area contributed by atoms with Crippen LogP contribution in [0.2, 0.25) is 0 Å². The second-order valence-corrected chi connectivity index (χ2v) is 11.4. The van der Waals surface area contributed by atoms with Gasteiger partial charge in [-0.2, -0.15) is 0 Å². The first-order valence-corrected chi connectivity index (χ1v) is 12.3. The molecular weight excluding hydrogens is 384 g/mol. The fraction of sp³-hybridized carbons (Fsp3) is 0.714. The number of aliphatic hydroxyl groups excluding tert-OH is 2. The lowest BCUT2D eigenvalue weighted by atomic mass is 9.61. The van der Waals surface area contributed by atoms with Crippen molar-refractivity contribution in [2.24, 2.45) is 29.1 Å². The second-order valence-electron chi connectivity index (χ2n) is 11.4. The number of fused-ring (bicyclic) bond motifs is 1. The molecule has 0 amide bonds. The molecule has 3 heteroatoms. The molecule has 0 aromatic rings. The van der Waals surface area contributed by atoms with Gasteiger partial charge in [-0.05, 0) is 86.7 Å². The molecule has 31 heavy (non-hydrogen) atoms. The Morgan fingerprint density at radius 2 is 1.84 bits per heavy atom. The van der Waals surface area contributed by atoms with Crippen LogP contribution in [0.3, 0.4) is 0 Å². The van der Waals surface area contributed by atoms with Gasteiger partial charge in [-0.25, -0.2) is 0 Å². The van der Waals surface area contributed by atoms with E-state index in [0.717, 1.165) is 17.6 Å². The van der Waals surface area contributed by atoms with Crippen molar-refractivity contribution >= 4 is 0 Å². The predicted octanol–water partition coefficient (Wildman–Crippen LogP) is 5.73. The van der Waals surface area contributed by atoms with E-state index in [-0.39, 0.29) is 5.92 Å². The third-order valence-corrected chi connectivity index (χ3v) is 8.75. The Labute approximate surface area is 189 Å². The summed E-state index contributed by atoms with van der Waals surface area (Å²) in [6.07, 6.45) is 15.0. The van der Waals surface area contributed by atoms with Gasteiger partial charge in [0.2, 0.25) is 0 Å². The molecule has 0 heterocycles. The monoisotopic (exact) mass is 428 g/mol. The lowest BCUT2D eigenvalue weighted by Crippen LogP contribution is -2.35. The van der Waals surface area contributed by atoms with E-state index in [2.05, 4.69) is 51.7 Å². The van der Waals surface area contributed by atoms with Crippen molar-refractivity contribution in [3.8, 4) is 0 Å². The van der Waals surface area contributed by atoms with Crippen LogP contribution in [0.4, 0.5) is 0 Å². The molecule has 3 N–H and O–H groups in total. The van der Waals surface area contributed by atoms with Gasteiger partial charge in [-0.3, -0.25) is 0 Å².